The van der Waals surface area contributed by atoms with Crippen LogP contribution in [0, 0.1) is 5.82 Å². The number of hydrogen-bond acceptors (Lipinski definition) is 3. The number of likely N-dealkylation sites (N-methyl/N-ethyl adjacent to an activating group) is 1. The summed E-state index contributed by atoms with van der Waals surface area (Å²) >= 11 is 0. The zero-order valence-corrected chi connectivity index (χ0v) is 10.6. The van der Waals surface area contributed by atoms with Crippen molar-refractivity contribution in [3.05, 3.63) is 29.6 Å². The van der Waals surface area contributed by atoms with Crippen molar-refractivity contribution in [3.8, 4) is 5.75 Å². The van der Waals surface area contributed by atoms with Gasteiger partial charge in [0.15, 0.2) is 11.6 Å². The van der Waals surface area contributed by atoms with Gasteiger partial charge in [-0.15, -0.1) is 0 Å². The van der Waals surface area contributed by atoms with Crippen molar-refractivity contribution in [2.24, 2.45) is 0 Å². The number of hydrogen-bond donors (Lipinski definition) is 1. The molecule has 0 saturated carbocycles. The smallest absolute Gasteiger partial charge is 0.254 e. The van der Waals surface area contributed by atoms with E-state index in [2.05, 4.69) is 5.32 Å². The van der Waals surface area contributed by atoms with Gasteiger partial charge in [0.1, 0.15) is 0 Å². The van der Waals surface area contributed by atoms with E-state index in [0.29, 0.717) is 12.1 Å². The zero-order valence-electron chi connectivity index (χ0n) is 10.6. The normalized spacial score (nSPS) is 15.1. The lowest BCUT2D eigenvalue weighted by Gasteiger charge is -2.37. The van der Waals surface area contributed by atoms with Crippen LogP contribution in [0.5, 0.6) is 5.75 Å². The minimum atomic E-state index is -0.456. The highest BCUT2D eigenvalue weighted by Gasteiger charge is 2.28. The van der Waals surface area contributed by atoms with Crippen LogP contribution in [0.2, 0.25) is 0 Å². The topological polar surface area (TPSA) is 41.6 Å². The molecule has 1 saturated heterocycles. The fraction of sp³-hybridized carbons (Fsp3) is 0.462. The molecule has 18 heavy (non-hydrogen) atoms. The van der Waals surface area contributed by atoms with Gasteiger partial charge in [0.25, 0.3) is 5.91 Å². The maximum absolute atomic E-state index is 13.3. The average molecular weight is 252 g/mol. The second-order valence-corrected chi connectivity index (χ2v) is 4.25. The van der Waals surface area contributed by atoms with E-state index in [1.54, 1.807) is 4.90 Å². The molecular formula is C13H17FN2O2. The molecule has 98 valence electrons. The highest BCUT2D eigenvalue weighted by atomic mass is 19.1. The molecule has 1 aromatic carbocycles. The molecule has 4 nitrogen and oxygen atoms in total. The van der Waals surface area contributed by atoms with Crippen molar-refractivity contribution in [1.29, 1.82) is 0 Å². The van der Waals surface area contributed by atoms with Gasteiger partial charge in [0.2, 0.25) is 0 Å². The molecule has 0 radical (unpaired) electrons. The van der Waals surface area contributed by atoms with Crippen LogP contribution >= 0.6 is 0 Å². The number of benzene rings is 1. The number of halogens is 1. The fourth-order valence-electron chi connectivity index (χ4n) is 2.02. The molecule has 1 fully saturated rings. The SMILES string of the molecule is CCN(C(=O)c1ccc(F)c(OC)c1)C1CNC1. The number of rotatable bonds is 4. The van der Waals surface area contributed by atoms with Gasteiger partial charge in [-0.2, -0.15) is 0 Å². The minimum absolute atomic E-state index is 0.0812. The van der Waals surface area contributed by atoms with Gasteiger partial charge in [0.05, 0.1) is 13.2 Å². The molecule has 5 heteroatoms. The predicted octanol–water partition coefficient (Wildman–Crippen LogP) is 1.27. The van der Waals surface area contributed by atoms with E-state index in [1.807, 2.05) is 6.92 Å². The summed E-state index contributed by atoms with van der Waals surface area (Å²) in [6.45, 7) is 4.22. The molecule has 0 aromatic heterocycles. The van der Waals surface area contributed by atoms with Crippen LogP contribution in [0.25, 0.3) is 0 Å². The monoisotopic (exact) mass is 252 g/mol. The number of methoxy groups -OCH3 is 1. The molecule has 1 N–H and O–H groups in total. The lowest BCUT2D eigenvalue weighted by molar-refractivity contribution is 0.0630. The molecule has 0 unspecified atom stereocenters. The second-order valence-electron chi connectivity index (χ2n) is 4.25. The van der Waals surface area contributed by atoms with Gasteiger partial charge >= 0.3 is 0 Å². The summed E-state index contributed by atoms with van der Waals surface area (Å²) in [5.74, 6) is -0.437. The maximum atomic E-state index is 13.3. The molecule has 1 aliphatic rings. The third-order valence-electron chi connectivity index (χ3n) is 3.20. The quantitative estimate of drug-likeness (QED) is 0.877. The Morgan fingerprint density at radius 2 is 2.28 bits per heavy atom. The number of nitrogens with one attached hydrogen (secondary N) is 1. The Balaban J connectivity index is 2.21. The minimum Gasteiger partial charge on any atom is -0.494 e. The number of carbonyl (C=O) groups excluding carboxylic acids is 1. The summed E-state index contributed by atoms with van der Waals surface area (Å²) in [5.41, 5.74) is 0.460. The predicted molar refractivity (Wildman–Crippen MR) is 66.3 cm³/mol. The molecule has 1 aromatic rings. The first-order valence-electron chi connectivity index (χ1n) is 6.02. The van der Waals surface area contributed by atoms with Gasteiger partial charge in [0, 0.05) is 25.2 Å². The first-order chi connectivity index (χ1) is 8.67. The van der Waals surface area contributed by atoms with Gasteiger partial charge in [-0.05, 0) is 25.1 Å². The average Bonchev–Trinajstić information content (AvgIpc) is 2.33. The molecule has 1 heterocycles. The van der Waals surface area contributed by atoms with Crippen molar-refractivity contribution < 1.29 is 13.9 Å². The van der Waals surface area contributed by atoms with E-state index in [9.17, 15) is 9.18 Å². The Hall–Kier alpha value is -1.62. The summed E-state index contributed by atoms with van der Waals surface area (Å²) in [5, 5.41) is 3.14. The van der Waals surface area contributed by atoms with Crippen molar-refractivity contribution in [2.45, 2.75) is 13.0 Å². The second kappa shape index (κ2) is 5.35. The molecule has 2 rings (SSSR count). The third-order valence-corrected chi connectivity index (χ3v) is 3.20. The lowest BCUT2D eigenvalue weighted by atomic mass is 10.1. The van der Waals surface area contributed by atoms with Crippen LogP contribution in [-0.2, 0) is 0 Å². The molecule has 0 spiro atoms. The standard InChI is InChI=1S/C13H17FN2O2/c1-3-16(10-7-15-8-10)13(17)9-4-5-11(14)12(6-9)18-2/h4-6,10,15H,3,7-8H2,1-2H3. The summed E-state index contributed by atoms with van der Waals surface area (Å²) in [6, 6.07) is 4.44. The van der Waals surface area contributed by atoms with E-state index < -0.39 is 5.82 Å². The number of nitrogens with zero attached hydrogens (tertiary/aromatic N) is 1. The van der Waals surface area contributed by atoms with E-state index in [1.165, 1.54) is 25.3 Å². The van der Waals surface area contributed by atoms with Crippen LogP contribution in [0.4, 0.5) is 4.39 Å². The summed E-state index contributed by atoms with van der Waals surface area (Å²) in [6.07, 6.45) is 0. The summed E-state index contributed by atoms with van der Waals surface area (Å²) < 4.78 is 18.2. The first kappa shape index (κ1) is 12.8. The van der Waals surface area contributed by atoms with Crippen molar-refractivity contribution >= 4 is 5.91 Å². The zero-order chi connectivity index (χ0) is 13.1. The largest absolute Gasteiger partial charge is 0.494 e. The van der Waals surface area contributed by atoms with Crippen molar-refractivity contribution in [2.75, 3.05) is 26.7 Å². The molecule has 1 aliphatic heterocycles. The summed E-state index contributed by atoms with van der Waals surface area (Å²) in [7, 11) is 1.39. The molecular weight excluding hydrogens is 235 g/mol. The Morgan fingerprint density at radius 3 is 2.78 bits per heavy atom. The number of amides is 1. The van der Waals surface area contributed by atoms with Crippen LogP contribution in [0.1, 0.15) is 17.3 Å². The highest BCUT2D eigenvalue weighted by molar-refractivity contribution is 5.95. The van der Waals surface area contributed by atoms with E-state index in [0.717, 1.165) is 13.1 Å². The van der Waals surface area contributed by atoms with E-state index in [4.69, 9.17) is 4.74 Å². The van der Waals surface area contributed by atoms with E-state index in [-0.39, 0.29) is 17.7 Å². The Kier molecular flexibility index (Phi) is 3.81. The fourth-order valence-corrected chi connectivity index (χ4v) is 2.02. The molecule has 0 aliphatic carbocycles. The lowest BCUT2D eigenvalue weighted by Crippen LogP contribution is -2.58. The first-order valence-corrected chi connectivity index (χ1v) is 6.02. The van der Waals surface area contributed by atoms with Gasteiger partial charge in [-0.1, -0.05) is 0 Å². The Labute approximate surface area is 106 Å². The van der Waals surface area contributed by atoms with E-state index >= 15 is 0 Å². The third kappa shape index (κ3) is 2.31. The highest BCUT2D eigenvalue weighted by Crippen LogP contribution is 2.20. The Morgan fingerprint density at radius 1 is 1.56 bits per heavy atom. The van der Waals surface area contributed by atoms with Gasteiger partial charge < -0.3 is 15.0 Å². The van der Waals surface area contributed by atoms with Gasteiger partial charge in [-0.25, -0.2) is 4.39 Å². The maximum Gasteiger partial charge on any atom is 0.254 e. The van der Waals surface area contributed by atoms with Crippen LogP contribution in [-0.4, -0.2) is 43.6 Å². The van der Waals surface area contributed by atoms with Gasteiger partial charge in [-0.3, -0.25) is 4.79 Å². The van der Waals surface area contributed by atoms with Crippen molar-refractivity contribution in [3.63, 3.8) is 0 Å². The van der Waals surface area contributed by atoms with Crippen molar-refractivity contribution in [1.82, 2.24) is 10.2 Å². The number of carbonyl (C=O) groups is 1. The van der Waals surface area contributed by atoms with Crippen LogP contribution < -0.4 is 10.1 Å². The molecule has 0 bridgehead atoms. The molecule has 1 amide bonds. The van der Waals surface area contributed by atoms with Crippen LogP contribution in [0.3, 0.4) is 0 Å². The molecule has 0 atom stereocenters. The summed E-state index contributed by atoms with van der Waals surface area (Å²) in [4.78, 5) is 14.1. The van der Waals surface area contributed by atoms with Crippen LogP contribution in [0.15, 0.2) is 18.2 Å². The Bertz CT molecular complexity index is 447. The number of ether oxygens (including phenoxy) is 1.